The van der Waals surface area contributed by atoms with E-state index in [4.69, 9.17) is 16.1 Å². The Morgan fingerprint density at radius 2 is 1.73 bits per heavy atom. The number of hydrogen-bond acceptors (Lipinski definition) is 5. The molecule has 8 nitrogen and oxygen atoms in total. The molecule has 0 saturated carbocycles. The van der Waals surface area contributed by atoms with E-state index in [0.29, 0.717) is 28.5 Å². The fraction of sp³-hybridized carbons (Fsp3) is 0.357. The lowest BCUT2D eigenvalue weighted by atomic mass is 9.97. The molecule has 2 aromatic carbocycles. The molecule has 1 heterocycles. The van der Waals surface area contributed by atoms with Crippen LogP contribution < -0.4 is 15.5 Å². The van der Waals surface area contributed by atoms with Crippen molar-refractivity contribution in [2.24, 2.45) is 0 Å². The normalized spacial score (nSPS) is 12.1. The number of carbonyl (C=O) groups excluding carboxylic acids is 3. The summed E-state index contributed by atoms with van der Waals surface area (Å²) in [5.74, 6) is -0.321. The van der Waals surface area contributed by atoms with Crippen molar-refractivity contribution in [3.05, 3.63) is 76.5 Å². The summed E-state index contributed by atoms with van der Waals surface area (Å²) in [5.41, 5.74) is 1.51. The second-order valence-electron chi connectivity index (χ2n) is 9.62. The summed E-state index contributed by atoms with van der Waals surface area (Å²) in [6, 6.07) is 14.8. The third-order valence-electron chi connectivity index (χ3n) is 6.09. The Morgan fingerprint density at radius 1 is 1.05 bits per heavy atom. The third kappa shape index (κ3) is 7.43. The summed E-state index contributed by atoms with van der Waals surface area (Å²) >= 11 is 6.55. The van der Waals surface area contributed by atoms with Gasteiger partial charge in [-0.15, -0.1) is 0 Å². The molecule has 0 aliphatic carbocycles. The van der Waals surface area contributed by atoms with Crippen LogP contribution >= 0.6 is 11.6 Å². The van der Waals surface area contributed by atoms with Crippen LogP contribution in [0, 0.1) is 13.8 Å². The van der Waals surface area contributed by atoms with Crippen molar-refractivity contribution in [2.45, 2.75) is 65.5 Å². The van der Waals surface area contributed by atoms with Crippen molar-refractivity contribution >= 4 is 40.8 Å². The van der Waals surface area contributed by atoms with E-state index >= 15 is 0 Å². The Labute approximate surface area is 222 Å². The van der Waals surface area contributed by atoms with Crippen LogP contribution in [0.25, 0.3) is 0 Å². The minimum Gasteiger partial charge on any atom is -0.360 e. The van der Waals surface area contributed by atoms with E-state index < -0.39 is 23.4 Å². The van der Waals surface area contributed by atoms with Gasteiger partial charge in [-0.25, -0.2) is 0 Å². The van der Waals surface area contributed by atoms with Gasteiger partial charge < -0.3 is 15.2 Å². The summed E-state index contributed by atoms with van der Waals surface area (Å²) in [7, 11) is 0. The predicted molar refractivity (Wildman–Crippen MR) is 144 cm³/mol. The van der Waals surface area contributed by atoms with E-state index in [1.165, 1.54) is 4.90 Å². The second-order valence-corrected chi connectivity index (χ2v) is 10.0. The maximum absolute atomic E-state index is 13.8. The highest BCUT2D eigenvalue weighted by molar-refractivity contribution is 6.31. The van der Waals surface area contributed by atoms with Crippen molar-refractivity contribution in [3.63, 3.8) is 0 Å². The average Bonchev–Trinajstić information content (AvgIpc) is 3.26. The van der Waals surface area contributed by atoms with E-state index in [9.17, 15) is 14.4 Å². The molecule has 1 atom stereocenters. The first kappa shape index (κ1) is 27.9. The molecule has 0 fully saturated rings. The van der Waals surface area contributed by atoms with Crippen LogP contribution in [-0.2, 0) is 14.4 Å². The van der Waals surface area contributed by atoms with Gasteiger partial charge in [0.05, 0.1) is 0 Å². The van der Waals surface area contributed by atoms with Crippen molar-refractivity contribution in [3.8, 4) is 0 Å². The highest BCUT2D eigenvalue weighted by atomic mass is 35.5. The van der Waals surface area contributed by atoms with Gasteiger partial charge in [-0.05, 0) is 52.3 Å². The lowest BCUT2D eigenvalue weighted by Gasteiger charge is -2.35. The van der Waals surface area contributed by atoms with Crippen LogP contribution in [0.2, 0.25) is 5.02 Å². The topological polar surface area (TPSA) is 105 Å². The van der Waals surface area contributed by atoms with Crippen molar-refractivity contribution in [1.82, 2.24) is 10.5 Å². The molecule has 0 aliphatic heterocycles. The van der Waals surface area contributed by atoms with E-state index in [2.05, 4.69) is 15.8 Å². The van der Waals surface area contributed by atoms with Crippen LogP contribution in [-0.4, -0.2) is 28.4 Å². The second kappa shape index (κ2) is 12.1. The van der Waals surface area contributed by atoms with E-state index in [0.717, 1.165) is 5.56 Å². The molecule has 0 spiro atoms. The number of rotatable bonds is 10. The number of nitrogens with zero attached hydrogens (tertiary/aromatic N) is 2. The molecular weight excluding hydrogens is 492 g/mol. The quantitative estimate of drug-likeness (QED) is 0.352. The lowest BCUT2D eigenvalue weighted by Crippen LogP contribution is -2.50. The third-order valence-corrected chi connectivity index (χ3v) is 6.44. The maximum Gasteiger partial charge on any atom is 0.248 e. The molecule has 3 aromatic rings. The molecule has 9 heteroatoms. The number of halogens is 1. The number of nitrogens with one attached hydrogen (secondary N) is 2. The fourth-order valence-corrected chi connectivity index (χ4v) is 3.94. The van der Waals surface area contributed by atoms with E-state index in [1.807, 2.05) is 39.8 Å². The zero-order chi connectivity index (χ0) is 27.2. The van der Waals surface area contributed by atoms with Gasteiger partial charge in [-0.1, -0.05) is 59.6 Å². The molecule has 1 aromatic heterocycles. The minimum atomic E-state index is -1.05. The monoisotopic (exact) mass is 524 g/mol. The molecule has 0 saturated heterocycles. The zero-order valence-corrected chi connectivity index (χ0v) is 22.6. The predicted octanol–water partition coefficient (Wildman–Crippen LogP) is 5.74. The summed E-state index contributed by atoms with van der Waals surface area (Å²) in [6.45, 7) is 9.47. The molecule has 3 rings (SSSR count). The number of hydrogen-bond donors (Lipinski definition) is 2. The number of anilines is 2. The molecule has 2 N–H and O–H groups in total. The first-order valence-corrected chi connectivity index (χ1v) is 12.6. The summed E-state index contributed by atoms with van der Waals surface area (Å²) < 4.78 is 4.97. The summed E-state index contributed by atoms with van der Waals surface area (Å²) in [5, 5.41) is 9.79. The highest BCUT2D eigenvalue weighted by Gasteiger charge is 2.36. The lowest BCUT2D eigenvalue weighted by molar-refractivity contribution is -0.128. The van der Waals surface area contributed by atoms with E-state index in [-0.39, 0.29) is 24.6 Å². The number of aromatic nitrogens is 1. The molecule has 0 radical (unpaired) electrons. The van der Waals surface area contributed by atoms with Gasteiger partial charge in [-0.2, -0.15) is 0 Å². The van der Waals surface area contributed by atoms with Gasteiger partial charge in [0.1, 0.15) is 11.8 Å². The first-order valence-electron chi connectivity index (χ1n) is 12.2. The van der Waals surface area contributed by atoms with Crippen LogP contribution in [0.4, 0.5) is 11.5 Å². The van der Waals surface area contributed by atoms with Gasteiger partial charge >= 0.3 is 0 Å². The number of carbonyl (C=O) groups is 3. The fourth-order valence-electron chi connectivity index (χ4n) is 3.70. The smallest absolute Gasteiger partial charge is 0.248 e. The van der Waals surface area contributed by atoms with Crippen molar-refractivity contribution < 1.29 is 18.9 Å². The Balaban J connectivity index is 1.97. The van der Waals surface area contributed by atoms with Crippen LogP contribution in [0.1, 0.15) is 63.0 Å². The molecule has 0 unspecified atom stereocenters. The minimum absolute atomic E-state index is 0.107. The van der Waals surface area contributed by atoms with Gasteiger partial charge in [-0.3, -0.25) is 19.3 Å². The van der Waals surface area contributed by atoms with Gasteiger partial charge in [0.25, 0.3) is 0 Å². The van der Waals surface area contributed by atoms with Crippen LogP contribution in [0.3, 0.4) is 0 Å². The molecule has 0 aliphatic rings. The number of aryl methyl sites for hydroxylation is 2. The Hall–Kier alpha value is -3.65. The highest BCUT2D eigenvalue weighted by Crippen LogP contribution is 2.33. The largest absolute Gasteiger partial charge is 0.360 e. The Bertz CT molecular complexity index is 1250. The Kier molecular flexibility index (Phi) is 9.10. The zero-order valence-electron chi connectivity index (χ0n) is 21.8. The molecule has 3 amide bonds. The van der Waals surface area contributed by atoms with Crippen molar-refractivity contribution in [1.29, 1.82) is 0 Å². The number of benzene rings is 2. The SMILES string of the molecule is CCC(C)(C)NC(=O)[C@H](c1ccccc1Cl)N(C(=O)CCC(=O)Nc1cc(C)on1)c1ccc(C)cc1. The summed E-state index contributed by atoms with van der Waals surface area (Å²) in [6.07, 6.45) is 0.445. The molecule has 196 valence electrons. The Morgan fingerprint density at radius 3 is 2.32 bits per heavy atom. The average molecular weight is 525 g/mol. The number of amides is 3. The van der Waals surface area contributed by atoms with E-state index in [1.54, 1.807) is 49.4 Å². The molecular formula is C28H33ClN4O4. The van der Waals surface area contributed by atoms with Gasteiger partial charge in [0.2, 0.25) is 17.7 Å². The van der Waals surface area contributed by atoms with Crippen LogP contribution in [0.5, 0.6) is 0 Å². The van der Waals surface area contributed by atoms with Gasteiger partial charge in [0.15, 0.2) is 5.82 Å². The van der Waals surface area contributed by atoms with Gasteiger partial charge in [0, 0.05) is 40.7 Å². The van der Waals surface area contributed by atoms with Crippen molar-refractivity contribution in [2.75, 3.05) is 10.2 Å². The molecule has 0 bridgehead atoms. The maximum atomic E-state index is 13.8. The standard InChI is InChI=1S/C28H33ClN4O4/c1-6-28(4,5)31-27(36)26(21-9-7-8-10-22(21)29)33(20-13-11-18(2)12-14-20)25(35)16-15-24(34)30-23-17-19(3)37-32-23/h7-14,17,26H,6,15-16H2,1-5H3,(H,31,36)(H,30,32,34)/t26-/m0/s1. The van der Waals surface area contributed by atoms with Crippen LogP contribution in [0.15, 0.2) is 59.1 Å². The summed E-state index contributed by atoms with van der Waals surface area (Å²) in [4.78, 5) is 41.5. The molecule has 37 heavy (non-hydrogen) atoms. The first-order chi connectivity index (χ1) is 17.5.